The largest absolute Gasteiger partial charge is 0.478 e. The van der Waals surface area contributed by atoms with Crippen molar-refractivity contribution >= 4 is 17.6 Å². The zero-order chi connectivity index (χ0) is 9.19. The van der Waals surface area contributed by atoms with Gasteiger partial charge in [-0.25, -0.2) is 4.79 Å². The van der Waals surface area contributed by atoms with Crippen LogP contribution in [0.5, 0.6) is 0 Å². The second-order valence-corrected chi connectivity index (χ2v) is 3.14. The summed E-state index contributed by atoms with van der Waals surface area (Å²) in [7, 11) is 1.45. The van der Waals surface area contributed by atoms with Crippen molar-refractivity contribution in [3.8, 4) is 0 Å². The van der Waals surface area contributed by atoms with Gasteiger partial charge in [0, 0.05) is 13.5 Å². The fourth-order valence-electron chi connectivity index (χ4n) is 0.961. The number of alkyl halides is 1. The van der Waals surface area contributed by atoms with Crippen molar-refractivity contribution < 1.29 is 14.6 Å². The van der Waals surface area contributed by atoms with Crippen LogP contribution in [0.1, 0.15) is 6.42 Å². The van der Waals surface area contributed by atoms with Crippen LogP contribution in [0.15, 0.2) is 23.8 Å². The Hall–Kier alpha value is -0.800. The van der Waals surface area contributed by atoms with Crippen LogP contribution in [0.25, 0.3) is 0 Å². The van der Waals surface area contributed by atoms with E-state index in [1.54, 1.807) is 6.08 Å². The number of hydrogen-bond acceptors (Lipinski definition) is 2. The monoisotopic (exact) mass is 188 g/mol. The van der Waals surface area contributed by atoms with E-state index in [-0.39, 0.29) is 5.57 Å². The average Bonchev–Trinajstić information content (AvgIpc) is 2.05. The quantitative estimate of drug-likeness (QED) is 0.669. The summed E-state index contributed by atoms with van der Waals surface area (Å²) in [6.07, 6.45) is 5.08. The van der Waals surface area contributed by atoms with E-state index < -0.39 is 11.0 Å². The first-order valence-corrected chi connectivity index (χ1v) is 3.82. The number of methoxy groups -OCH3 is 1. The number of carbonyl (C=O) groups is 1. The zero-order valence-electron chi connectivity index (χ0n) is 6.58. The normalized spacial score (nSPS) is 28.3. The minimum absolute atomic E-state index is 0.165. The van der Waals surface area contributed by atoms with Crippen molar-refractivity contribution in [3.05, 3.63) is 23.8 Å². The molecule has 3 nitrogen and oxygen atoms in total. The topological polar surface area (TPSA) is 46.5 Å². The molecule has 1 unspecified atom stereocenters. The molecule has 0 aliphatic heterocycles. The Morgan fingerprint density at radius 3 is 3.00 bits per heavy atom. The predicted molar refractivity (Wildman–Crippen MR) is 45.1 cm³/mol. The van der Waals surface area contributed by atoms with Gasteiger partial charge in [0.15, 0.2) is 5.06 Å². The van der Waals surface area contributed by atoms with Gasteiger partial charge in [0.05, 0.1) is 5.57 Å². The molecule has 0 aromatic carbocycles. The van der Waals surface area contributed by atoms with Crippen LogP contribution in [0.4, 0.5) is 0 Å². The summed E-state index contributed by atoms with van der Waals surface area (Å²) in [4.78, 5) is 10.5. The van der Waals surface area contributed by atoms with Crippen LogP contribution in [0.3, 0.4) is 0 Å². The molecule has 1 rings (SSSR count). The van der Waals surface area contributed by atoms with Crippen LogP contribution in [-0.2, 0) is 9.53 Å². The lowest BCUT2D eigenvalue weighted by Crippen LogP contribution is -2.23. The molecular weight excluding hydrogens is 180 g/mol. The van der Waals surface area contributed by atoms with Gasteiger partial charge in [0.1, 0.15) is 0 Å². The highest BCUT2D eigenvalue weighted by Gasteiger charge is 2.26. The number of rotatable bonds is 2. The molecule has 0 aromatic rings. The first-order valence-electron chi connectivity index (χ1n) is 3.44. The molecule has 1 atom stereocenters. The number of aliphatic carboxylic acids is 1. The lowest BCUT2D eigenvalue weighted by molar-refractivity contribution is -0.132. The number of halogens is 1. The molecule has 12 heavy (non-hydrogen) atoms. The van der Waals surface area contributed by atoms with E-state index in [1.807, 2.05) is 0 Å². The van der Waals surface area contributed by atoms with Crippen LogP contribution in [-0.4, -0.2) is 23.2 Å². The molecule has 1 aliphatic carbocycles. The van der Waals surface area contributed by atoms with Gasteiger partial charge in [-0.3, -0.25) is 0 Å². The predicted octanol–water partition coefficient (Wildman–Crippen LogP) is 1.54. The summed E-state index contributed by atoms with van der Waals surface area (Å²) in [5, 5.41) is 7.65. The highest BCUT2D eigenvalue weighted by atomic mass is 35.5. The Morgan fingerprint density at radius 1 is 1.83 bits per heavy atom. The van der Waals surface area contributed by atoms with Crippen molar-refractivity contribution in [2.75, 3.05) is 7.11 Å². The lowest BCUT2D eigenvalue weighted by atomic mass is 10.0. The number of hydrogen-bond donors (Lipinski definition) is 1. The first kappa shape index (κ1) is 9.29. The van der Waals surface area contributed by atoms with Gasteiger partial charge < -0.3 is 9.84 Å². The van der Waals surface area contributed by atoms with E-state index in [1.165, 1.54) is 19.3 Å². The van der Waals surface area contributed by atoms with E-state index in [0.29, 0.717) is 6.42 Å². The summed E-state index contributed by atoms with van der Waals surface area (Å²) in [5.41, 5.74) is 0.165. The maximum absolute atomic E-state index is 10.5. The van der Waals surface area contributed by atoms with Gasteiger partial charge in [-0.1, -0.05) is 23.8 Å². The Bertz CT molecular complexity index is 257. The molecule has 4 heteroatoms. The van der Waals surface area contributed by atoms with Crippen LogP contribution in [0.2, 0.25) is 0 Å². The Balaban J connectivity index is 2.89. The minimum Gasteiger partial charge on any atom is -0.478 e. The summed E-state index contributed by atoms with van der Waals surface area (Å²) in [5.74, 6) is -0.993. The van der Waals surface area contributed by atoms with Gasteiger partial charge in [-0.05, 0) is 6.08 Å². The third kappa shape index (κ3) is 1.87. The van der Waals surface area contributed by atoms with Crippen molar-refractivity contribution in [1.29, 1.82) is 0 Å². The summed E-state index contributed by atoms with van der Waals surface area (Å²) in [6, 6.07) is 0. The number of carboxylic acids is 1. The van der Waals surface area contributed by atoms with E-state index in [4.69, 9.17) is 21.4 Å². The van der Waals surface area contributed by atoms with Gasteiger partial charge >= 0.3 is 5.97 Å². The number of carboxylic acid groups (broad SMARTS) is 1. The third-order valence-electron chi connectivity index (χ3n) is 1.65. The molecule has 1 N–H and O–H groups in total. The van der Waals surface area contributed by atoms with Gasteiger partial charge in [-0.2, -0.15) is 0 Å². The number of ether oxygens (including phenoxy) is 1. The second kappa shape index (κ2) is 3.29. The molecule has 66 valence electrons. The minimum atomic E-state index is -0.993. The van der Waals surface area contributed by atoms with Crippen molar-refractivity contribution in [3.63, 3.8) is 0 Å². The fourth-order valence-corrected chi connectivity index (χ4v) is 1.17. The average molecular weight is 189 g/mol. The molecule has 0 aromatic heterocycles. The van der Waals surface area contributed by atoms with Gasteiger partial charge in [0.25, 0.3) is 0 Å². The molecule has 1 aliphatic rings. The first-order chi connectivity index (χ1) is 5.57. The summed E-state index contributed by atoms with van der Waals surface area (Å²) < 4.78 is 4.93. The molecule has 0 heterocycles. The Kier molecular flexibility index (Phi) is 2.55. The van der Waals surface area contributed by atoms with Crippen molar-refractivity contribution in [2.24, 2.45) is 0 Å². The molecule has 0 saturated carbocycles. The maximum Gasteiger partial charge on any atom is 0.335 e. The molecular formula is C8H9ClO3. The highest BCUT2D eigenvalue weighted by Crippen LogP contribution is 2.28. The zero-order valence-corrected chi connectivity index (χ0v) is 7.34. The van der Waals surface area contributed by atoms with E-state index >= 15 is 0 Å². The fraction of sp³-hybridized carbons (Fsp3) is 0.375. The SMILES string of the molecule is COC1(Cl)C=C(C(=O)O)C=CC1. The van der Waals surface area contributed by atoms with Crippen LogP contribution in [0, 0.1) is 0 Å². The van der Waals surface area contributed by atoms with Crippen LogP contribution < -0.4 is 0 Å². The molecule has 0 radical (unpaired) electrons. The summed E-state index contributed by atoms with van der Waals surface area (Å²) in [6.45, 7) is 0. The van der Waals surface area contributed by atoms with Gasteiger partial charge in [0.2, 0.25) is 0 Å². The van der Waals surface area contributed by atoms with E-state index in [9.17, 15) is 4.79 Å². The molecule has 0 fully saturated rings. The van der Waals surface area contributed by atoms with E-state index in [0.717, 1.165) is 0 Å². The second-order valence-electron chi connectivity index (χ2n) is 2.50. The van der Waals surface area contributed by atoms with Crippen LogP contribution >= 0.6 is 11.6 Å². The lowest BCUT2D eigenvalue weighted by Gasteiger charge is -2.22. The highest BCUT2D eigenvalue weighted by molar-refractivity contribution is 6.24. The molecule has 0 amide bonds. The van der Waals surface area contributed by atoms with Gasteiger partial charge in [-0.15, -0.1) is 0 Å². The third-order valence-corrected chi connectivity index (χ3v) is 2.07. The molecule has 0 spiro atoms. The maximum atomic E-state index is 10.5. The van der Waals surface area contributed by atoms with Crippen molar-refractivity contribution in [1.82, 2.24) is 0 Å². The molecule has 0 bridgehead atoms. The Labute approximate surface area is 75.3 Å². The molecule has 0 saturated heterocycles. The standard InChI is InChI=1S/C8H9ClO3/c1-12-8(9)4-2-3-6(5-8)7(10)11/h2-3,5H,4H2,1H3,(H,10,11). The summed E-state index contributed by atoms with van der Waals surface area (Å²) >= 11 is 5.89. The smallest absolute Gasteiger partial charge is 0.335 e. The van der Waals surface area contributed by atoms with E-state index in [2.05, 4.69) is 0 Å². The Morgan fingerprint density at radius 2 is 2.50 bits per heavy atom. The van der Waals surface area contributed by atoms with Crippen molar-refractivity contribution in [2.45, 2.75) is 11.5 Å².